The number of pyridine rings is 1. The quantitative estimate of drug-likeness (QED) is 0.836. The minimum absolute atomic E-state index is 0.00340. The van der Waals surface area contributed by atoms with Crippen LogP contribution >= 0.6 is 12.2 Å². The summed E-state index contributed by atoms with van der Waals surface area (Å²) in [4.78, 5) is 3.95. The van der Waals surface area contributed by atoms with Crippen LogP contribution in [-0.2, 0) is 9.84 Å². The van der Waals surface area contributed by atoms with E-state index >= 15 is 0 Å². The Kier molecular flexibility index (Phi) is 3.77. The molecule has 0 aliphatic rings. The third kappa shape index (κ3) is 2.88. The van der Waals surface area contributed by atoms with Crippen molar-refractivity contribution in [3.05, 3.63) is 48.7 Å². The van der Waals surface area contributed by atoms with Gasteiger partial charge in [-0.15, -0.1) is 0 Å². The molecule has 0 fully saturated rings. The molecule has 1 aromatic heterocycles. The molecule has 0 aliphatic carbocycles. The van der Waals surface area contributed by atoms with Crippen LogP contribution in [0.15, 0.2) is 58.6 Å². The minimum atomic E-state index is -3.70. The van der Waals surface area contributed by atoms with Gasteiger partial charge in [-0.2, -0.15) is 0 Å². The average Bonchev–Trinajstić information content (AvgIpc) is 2.39. The third-order valence-corrected chi connectivity index (χ3v) is 4.18. The lowest BCUT2D eigenvalue weighted by Gasteiger charge is -2.10. The number of benzene rings is 1. The monoisotopic (exact) mass is 293 g/mol. The Morgan fingerprint density at radius 1 is 1.16 bits per heavy atom. The van der Waals surface area contributed by atoms with Crippen molar-refractivity contribution in [3.63, 3.8) is 0 Å². The van der Waals surface area contributed by atoms with Gasteiger partial charge in [0.15, 0.2) is 10.1 Å². The summed E-state index contributed by atoms with van der Waals surface area (Å²) in [6.45, 7) is 0. The van der Waals surface area contributed by atoms with Crippen molar-refractivity contribution < 1.29 is 8.42 Å². The van der Waals surface area contributed by atoms with E-state index in [1.165, 1.54) is 18.3 Å². The van der Waals surface area contributed by atoms with Gasteiger partial charge in [0, 0.05) is 6.20 Å². The molecule has 3 N–H and O–H groups in total. The smallest absolute Gasteiger partial charge is 0.225 e. The molecule has 0 saturated carbocycles. The first kappa shape index (κ1) is 13.4. The first-order valence-corrected chi connectivity index (χ1v) is 7.22. The van der Waals surface area contributed by atoms with Crippen LogP contribution in [0.3, 0.4) is 0 Å². The second-order valence-corrected chi connectivity index (χ2v) is 5.96. The third-order valence-electron chi connectivity index (χ3n) is 2.35. The highest BCUT2D eigenvalue weighted by Gasteiger charge is 2.22. The standard InChI is InChI=1S/C12H11N3O2S2/c13-12(18)15-9-5-1-2-6-10(9)19(16,17)11-7-3-4-8-14-11/h1-8H,(H3,13,15,18). The molecule has 0 atom stereocenters. The molecule has 98 valence electrons. The summed E-state index contributed by atoms with van der Waals surface area (Å²) in [5.74, 6) is 0. The van der Waals surface area contributed by atoms with Crippen molar-refractivity contribution >= 4 is 32.9 Å². The van der Waals surface area contributed by atoms with Gasteiger partial charge in [-0.3, -0.25) is 0 Å². The van der Waals surface area contributed by atoms with Crippen molar-refractivity contribution in [1.29, 1.82) is 0 Å². The first-order valence-electron chi connectivity index (χ1n) is 5.33. The van der Waals surface area contributed by atoms with Gasteiger partial charge in [-0.1, -0.05) is 18.2 Å². The molecule has 1 aromatic carbocycles. The highest BCUT2D eigenvalue weighted by molar-refractivity contribution is 7.91. The van der Waals surface area contributed by atoms with Crippen molar-refractivity contribution in [2.45, 2.75) is 9.92 Å². The molecule has 0 spiro atoms. The molecule has 0 radical (unpaired) electrons. The van der Waals surface area contributed by atoms with Gasteiger partial charge in [0.2, 0.25) is 9.84 Å². The van der Waals surface area contributed by atoms with E-state index in [0.29, 0.717) is 5.69 Å². The van der Waals surface area contributed by atoms with E-state index in [1.54, 1.807) is 30.3 Å². The minimum Gasteiger partial charge on any atom is -0.376 e. The van der Waals surface area contributed by atoms with Crippen LogP contribution in [0.25, 0.3) is 0 Å². The average molecular weight is 293 g/mol. The summed E-state index contributed by atoms with van der Waals surface area (Å²) in [6.07, 6.45) is 1.43. The zero-order valence-electron chi connectivity index (χ0n) is 9.78. The van der Waals surface area contributed by atoms with Crippen LogP contribution in [0.5, 0.6) is 0 Å². The largest absolute Gasteiger partial charge is 0.376 e. The Hall–Kier alpha value is -1.99. The van der Waals surface area contributed by atoms with E-state index in [-0.39, 0.29) is 15.0 Å². The Balaban J connectivity index is 2.56. The van der Waals surface area contributed by atoms with E-state index in [9.17, 15) is 8.42 Å². The van der Waals surface area contributed by atoms with Gasteiger partial charge in [-0.05, 0) is 36.5 Å². The van der Waals surface area contributed by atoms with E-state index in [1.807, 2.05) is 0 Å². The molecule has 7 heteroatoms. The van der Waals surface area contributed by atoms with Crippen molar-refractivity contribution in [1.82, 2.24) is 4.98 Å². The summed E-state index contributed by atoms with van der Waals surface area (Å²) >= 11 is 4.73. The number of rotatable bonds is 3. The second kappa shape index (κ2) is 5.33. The number of nitrogens with one attached hydrogen (secondary N) is 1. The fraction of sp³-hybridized carbons (Fsp3) is 0. The Labute approximate surface area is 116 Å². The normalized spacial score (nSPS) is 10.9. The molecule has 19 heavy (non-hydrogen) atoms. The van der Waals surface area contributed by atoms with Crippen LogP contribution < -0.4 is 11.1 Å². The summed E-state index contributed by atoms with van der Waals surface area (Å²) in [5.41, 5.74) is 5.72. The Morgan fingerprint density at radius 2 is 1.84 bits per heavy atom. The number of nitrogens with zero attached hydrogens (tertiary/aromatic N) is 1. The number of anilines is 1. The van der Waals surface area contributed by atoms with Crippen LogP contribution in [0.2, 0.25) is 0 Å². The van der Waals surface area contributed by atoms with E-state index in [2.05, 4.69) is 10.3 Å². The second-order valence-electron chi connectivity index (χ2n) is 3.66. The van der Waals surface area contributed by atoms with Gasteiger partial charge >= 0.3 is 0 Å². The lowest BCUT2D eigenvalue weighted by molar-refractivity contribution is 0.593. The van der Waals surface area contributed by atoms with Crippen LogP contribution in [0, 0.1) is 0 Å². The molecule has 5 nitrogen and oxygen atoms in total. The lowest BCUT2D eigenvalue weighted by atomic mass is 10.3. The number of thiocarbonyl (C=S) groups is 1. The molecule has 2 aromatic rings. The predicted molar refractivity (Wildman–Crippen MR) is 76.5 cm³/mol. The predicted octanol–water partition coefficient (Wildman–Crippen LogP) is 1.57. The maximum absolute atomic E-state index is 12.4. The Morgan fingerprint density at radius 3 is 2.47 bits per heavy atom. The van der Waals surface area contributed by atoms with Crippen molar-refractivity contribution in [2.75, 3.05) is 5.32 Å². The van der Waals surface area contributed by atoms with E-state index in [0.717, 1.165) is 0 Å². The fourth-order valence-electron chi connectivity index (χ4n) is 1.56. The molecule has 0 bridgehead atoms. The van der Waals surface area contributed by atoms with Gasteiger partial charge < -0.3 is 11.1 Å². The molecule has 1 heterocycles. The Bertz CT molecular complexity index is 700. The maximum atomic E-state index is 12.4. The van der Waals surface area contributed by atoms with Crippen LogP contribution in [0.4, 0.5) is 5.69 Å². The SMILES string of the molecule is NC(=S)Nc1ccccc1S(=O)(=O)c1ccccn1. The van der Waals surface area contributed by atoms with Crippen LogP contribution in [0.1, 0.15) is 0 Å². The fourth-order valence-corrected chi connectivity index (χ4v) is 3.01. The number of sulfone groups is 1. The highest BCUT2D eigenvalue weighted by atomic mass is 32.2. The van der Waals surface area contributed by atoms with Gasteiger partial charge in [0.25, 0.3) is 0 Å². The number of nitrogens with two attached hydrogens (primary N) is 1. The number of hydrogen-bond donors (Lipinski definition) is 2. The molecule has 0 aliphatic heterocycles. The van der Waals surface area contributed by atoms with Gasteiger partial charge in [-0.25, -0.2) is 13.4 Å². The summed E-state index contributed by atoms with van der Waals surface area (Å²) in [7, 11) is -3.70. The highest BCUT2D eigenvalue weighted by Crippen LogP contribution is 2.26. The van der Waals surface area contributed by atoms with Gasteiger partial charge in [0.05, 0.1) is 10.6 Å². The zero-order chi connectivity index (χ0) is 13.9. The molecule has 0 saturated heterocycles. The molecular weight excluding hydrogens is 282 g/mol. The molecular formula is C12H11N3O2S2. The lowest BCUT2D eigenvalue weighted by Crippen LogP contribution is -2.20. The molecule has 0 amide bonds. The molecule has 2 rings (SSSR count). The first-order chi connectivity index (χ1) is 9.01. The maximum Gasteiger partial charge on any atom is 0.225 e. The zero-order valence-corrected chi connectivity index (χ0v) is 11.4. The number of aromatic nitrogens is 1. The number of para-hydroxylation sites is 1. The topological polar surface area (TPSA) is 85.1 Å². The molecule has 0 unspecified atom stereocenters. The van der Waals surface area contributed by atoms with Crippen LogP contribution in [-0.4, -0.2) is 18.5 Å². The van der Waals surface area contributed by atoms with Crippen molar-refractivity contribution in [3.8, 4) is 0 Å². The van der Waals surface area contributed by atoms with Gasteiger partial charge in [0.1, 0.15) is 0 Å². The van der Waals surface area contributed by atoms with E-state index < -0.39 is 9.84 Å². The summed E-state index contributed by atoms with van der Waals surface area (Å²) in [6, 6.07) is 11.1. The van der Waals surface area contributed by atoms with E-state index in [4.69, 9.17) is 18.0 Å². The summed E-state index contributed by atoms with van der Waals surface area (Å²) in [5, 5.41) is 2.63. The summed E-state index contributed by atoms with van der Waals surface area (Å²) < 4.78 is 24.9. The number of hydrogen-bond acceptors (Lipinski definition) is 4. The van der Waals surface area contributed by atoms with Crippen molar-refractivity contribution in [2.24, 2.45) is 5.73 Å².